The van der Waals surface area contributed by atoms with E-state index in [-0.39, 0.29) is 24.0 Å². The van der Waals surface area contributed by atoms with Crippen LogP contribution in [0.15, 0.2) is 48.0 Å². The maximum Gasteiger partial charge on any atom is 0.194 e. The van der Waals surface area contributed by atoms with Crippen molar-refractivity contribution in [2.75, 3.05) is 38.0 Å². The molecule has 0 saturated carbocycles. The number of hydrogen-bond acceptors (Lipinski definition) is 5. The van der Waals surface area contributed by atoms with Crippen LogP contribution in [0.2, 0.25) is 0 Å². The number of hydrogen-bond donors (Lipinski definition) is 2. The van der Waals surface area contributed by atoms with Crippen LogP contribution in [0.4, 0.5) is 5.13 Å². The second-order valence-corrected chi connectivity index (χ2v) is 8.47. The molecule has 1 fully saturated rings. The summed E-state index contributed by atoms with van der Waals surface area (Å²) in [6.07, 6.45) is 7.00. The molecule has 1 saturated heterocycles. The number of aliphatic imine (C=N–C) groups is 1. The van der Waals surface area contributed by atoms with Crippen LogP contribution in [0.3, 0.4) is 0 Å². The fraction of sp³-hybridized carbons (Fsp3) is 0.476. The van der Waals surface area contributed by atoms with E-state index < -0.39 is 0 Å². The summed E-state index contributed by atoms with van der Waals surface area (Å²) in [5.74, 6) is 1.62. The van der Waals surface area contributed by atoms with Crippen molar-refractivity contribution in [3.05, 3.63) is 43.0 Å². The highest BCUT2D eigenvalue weighted by Gasteiger charge is 2.28. The maximum atomic E-state index is 4.87. The third-order valence-corrected chi connectivity index (χ3v) is 6.40. The van der Waals surface area contributed by atoms with E-state index in [1.807, 2.05) is 30.7 Å². The minimum atomic E-state index is 0. The zero-order valence-electron chi connectivity index (χ0n) is 17.5. The number of aromatic nitrogens is 3. The Hall–Kier alpha value is -1.88. The zero-order chi connectivity index (χ0) is 20.1. The van der Waals surface area contributed by atoms with Gasteiger partial charge in [0.1, 0.15) is 0 Å². The van der Waals surface area contributed by atoms with Gasteiger partial charge in [-0.15, -0.1) is 24.0 Å². The van der Waals surface area contributed by atoms with Crippen molar-refractivity contribution in [1.82, 2.24) is 24.8 Å². The number of halogens is 1. The normalized spacial score (nSPS) is 19.5. The van der Waals surface area contributed by atoms with Crippen LogP contribution in [0.25, 0.3) is 10.2 Å². The predicted octanol–water partition coefficient (Wildman–Crippen LogP) is 4.07. The lowest BCUT2D eigenvalue weighted by atomic mass is 9.93. The highest BCUT2D eigenvalue weighted by Crippen LogP contribution is 2.27. The summed E-state index contributed by atoms with van der Waals surface area (Å²) in [6.45, 7) is 8.77. The van der Waals surface area contributed by atoms with E-state index in [0.29, 0.717) is 18.5 Å². The summed E-state index contributed by atoms with van der Waals surface area (Å²) in [5.41, 5.74) is 1.05. The van der Waals surface area contributed by atoms with Gasteiger partial charge in [0.25, 0.3) is 0 Å². The predicted molar refractivity (Wildman–Crippen MR) is 136 cm³/mol. The number of nitrogens with zero attached hydrogens (tertiary/aromatic N) is 5. The first-order valence-electron chi connectivity index (χ1n) is 10.3. The number of anilines is 1. The van der Waals surface area contributed by atoms with Gasteiger partial charge in [-0.25, -0.2) is 9.97 Å². The molecule has 1 aliphatic heterocycles. The van der Waals surface area contributed by atoms with Crippen molar-refractivity contribution in [1.29, 1.82) is 0 Å². The molecule has 2 unspecified atom stereocenters. The van der Waals surface area contributed by atoms with Crippen molar-refractivity contribution in [3.8, 4) is 0 Å². The topological polar surface area (TPSA) is 70.4 Å². The Kier molecular flexibility index (Phi) is 8.32. The number of rotatable bonds is 6. The molecule has 9 heteroatoms. The molecule has 162 valence electrons. The Bertz CT molecular complexity index is 907. The van der Waals surface area contributed by atoms with Crippen LogP contribution in [-0.2, 0) is 0 Å². The smallest absolute Gasteiger partial charge is 0.194 e. The standard InChI is InChI=1S/C21H29N7S.HI/c1-3-23-20(27-12-8-16(2)18(14-27)28-13-11-22-15-28)24-9-10-25-21-26-17-6-4-5-7-19(17)29-21;/h4-7,11,13,15-16,18H,3,8-10,12,14H2,1-2H3,(H,23,24)(H,25,26);1H. The number of thiazole rings is 1. The molecular weight excluding hydrogens is 509 g/mol. The molecule has 1 aromatic carbocycles. The van der Waals surface area contributed by atoms with Crippen LogP contribution in [0.1, 0.15) is 26.3 Å². The molecular formula is C21H30IN7S. The summed E-state index contributed by atoms with van der Waals surface area (Å²) in [6, 6.07) is 8.65. The summed E-state index contributed by atoms with van der Waals surface area (Å²) in [5, 5.41) is 7.83. The van der Waals surface area contributed by atoms with Gasteiger partial charge >= 0.3 is 0 Å². The molecule has 3 heterocycles. The number of para-hydroxylation sites is 1. The van der Waals surface area contributed by atoms with E-state index in [4.69, 9.17) is 4.99 Å². The van der Waals surface area contributed by atoms with Gasteiger partial charge in [-0.2, -0.15) is 0 Å². The van der Waals surface area contributed by atoms with Crippen molar-refractivity contribution in [3.63, 3.8) is 0 Å². The van der Waals surface area contributed by atoms with Gasteiger partial charge in [-0.05, 0) is 31.4 Å². The van der Waals surface area contributed by atoms with Crippen LogP contribution >= 0.6 is 35.3 Å². The van der Waals surface area contributed by atoms with Gasteiger partial charge in [0.2, 0.25) is 0 Å². The van der Waals surface area contributed by atoms with Gasteiger partial charge in [0.05, 0.1) is 29.1 Å². The van der Waals surface area contributed by atoms with E-state index in [1.54, 1.807) is 11.3 Å². The summed E-state index contributed by atoms with van der Waals surface area (Å²) in [4.78, 5) is 16.1. The molecule has 2 N–H and O–H groups in total. The second-order valence-electron chi connectivity index (χ2n) is 7.44. The number of likely N-dealkylation sites (tertiary alicyclic amines) is 1. The number of imidazole rings is 1. The molecule has 3 aromatic rings. The van der Waals surface area contributed by atoms with Crippen LogP contribution in [-0.4, -0.2) is 58.1 Å². The molecule has 0 aliphatic carbocycles. The Labute approximate surface area is 199 Å². The number of guanidine groups is 1. The number of nitrogens with one attached hydrogen (secondary N) is 2. The fourth-order valence-electron chi connectivity index (χ4n) is 3.79. The van der Waals surface area contributed by atoms with E-state index in [2.05, 4.69) is 56.2 Å². The molecule has 30 heavy (non-hydrogen) atoms. The highest BCUT2D eigenvalue weighted by atomic mass is 127. The number of piperidine rings is 1. The Morgan fingerprint density at radius 3 is 2.97 bits per heavy atom. The molecule has 2 aromatic heterocycles. The molecule has 0 amide bonds. The molecule has 0 radical (unpaired) electrons. The molecule has 1 aliphatic rings. The average Bonchev–Trinajstić information content (AvgIpc) is 3.40. The second kappa shape index (κ2) is 10.9. The van der Waals surface area contributed by atoms with E-state index in [1.165, 1.54) is 4.70 Å². The largest absolute Gasteiger partial charge is 0.360 e. The first-order valence-corrected chi connectivity index (χ1v) is 11.2. The first kappa shape index (κ1) is 22.8. The third kappa shape index (κ3) is 5.42. The Morgan fingerprint density at radius 1 is 1.33 bits per heavy atom. The van der Waals surface area contributed by atoms with E-state index >= 15 is 0 Å². The molecule has 2 atom stereocenters. The minimum absolute atomic E-state index is 0. The van der Waals surface area contributed by atoms with Crippen molar-refractivity contribution in [2.45, 2.75) is 26.3 Å². The number of benzene rings is 1. The van der Waals surface area contributed by atoms with Gasteiger partial charge < -0.3 is 20.1 Å². The maximum absolute atomic E-state index is 4.87. The van der Waals surface area contributed by atoms with Crippen LogP contribution in [0.5, 0.6) is 0 Å². The lowest BCUT2D eigenvalue weighted by Gasteiger charge is -2.39. The SMILES string of the molecule is CCNC(=NCCNc1nc2ccccc2s1)N1CCC(C)C(n2ccnc2)C1.I. The Balaban J connectivity index is 0.00000256. The molecule has 4 rings (SSSR count). The van der Waals surface area contributed by atoms with Gasteiger partial charge in [0, 0.05) is 38.6 Å². The van der Waals surface area contributed by atoms with E-state index in [0.717, 1.165) is 49.2 Å². The highest BCUT2D eigenvalue weighted by molar-refractivity contribution is 14.0. The number of fused-ring (bicyclic) bond motifs is 1. The van der Waals surface area contributed by atoms with Crippen LogP contribution < -0.4 is 10.6 Å². The van der Waals surface area contributed by atoms with Crippen molar-refractivity contribution >= 4 is 56.6 Å². The summed E-state index contributed by atoms with van der Waals surface area (Å²) >= 11 is 1.69. The quantitative estimate of drug-likeness (QED) is 0.214. The lowest BCUT2D eigenvalue weighted by Crippen LogP contribution is -2.49. The van der Waals surface area contributed by atoms with Gasteiger partial charge in [-0.1, -0.05) is 30.4 Å². The molecule has 0 bridgehead atoms. The van der Waals surface area contributed by atoms with Crippen molar-refractivity contribution < 1.29 is 0 Å². The van der Waals surface area contributed by atoms with Gasteiger partial charge in [-0.3, -0.25) is 4.99 Å². The van der Waals surface area contributed by atoms with Crippen molar-refractivity contribution in [2.24, 2.45) is 10.9 Å². The average molecular weight is 539 g/mol. The summed E-state index contributed by atoms with van der Waals surface area (Å²) in [7, 11) is 0. The zero-order valence-corrected chi connectivity index (χ0v) is 20.6. The molecule has 7 nitrogen and oxygen atoms in total. The Morgan fingerprint density at radius 2 is 2.20 bits per heavy atom. The fourth-order valence-corrected chi connectivity index (χ4v) is 4.68. The third-order valence-electron chi connectivity index (χ3n) is 5.40. The van der Waals surface area contributed by atoms with E-state index in [9.17, 15) is 0 Å². The minimum Gasteiger partial charge on any atom is -0.360 e. The van der Waals surface area contributed by atoms with Crippen LogP contribution in [0, 0.1) is 5.92 Å². The summed E-state index contributed by atoms with van der Waals surface area (Å²) < 4.78 is 3.44. The lowest BCUT2D eigenvalue weighted by molar-refractivity contribution is 0.189. The molecule has 0 spiro atoms. The van der Waals surface area contributed by atoms with Gasteiger partial charge in [0.15, 0.2) is 11.1 Å². The monoisotopic (exact) mass is 539 g/mol. The first-order chi connectivity index (χ1) is 14.2.